The van der Waals surface area contributed by atoms with Crippen LogP contribution in [0.15, 0.2) is 45.3 Å². The van der Waals surface area contributed by atoms with Gasteiger partial charge in [-0.2, -0.15) is 0 Å². The summed E-state index contributed by atoms with van der Waals surface area (Å²) in [5.41, 5.74) is 3.46. The van der Waals surface area contributed by atoms with Crippen LogP contribution in [-0.2, 0) is 0 Å². The predicted molar refractivity (Wildman–Crippen MR) is 114 cm³/mol. The van der Waals surface area contributed by atoms with Gasteiger partial charge in [-0.3, -0.25) is 10.1 Å². The highest BCUT2D eigenvalue weighted by Gasteiger charge is 2.20. The smallest absolute Gasteiger partial charge is 0.294 e. The summed E-state index contributed by atoms with van der Waals surface area (Å²) in [7, 11) is 3.12. The molecule has 0 aliphatic carbocycles. The van der Waals surface area contributed by atoms with E-state index in [4.69, 9.17) is 30.0 Å². The lowest BCUT2D eigenvalue weighted by molar-refractivity contribution is 0.0994. The first-order valence-corrected chi connectivity index (χ1v) is 9.48. The zero-order valence-electron chi connectivity index (χ0n) is 16.8. The van der Waals surface area contributed by atoms with Crippen molar-refractivity contribution in [2.24, 2.45) is 0 Å². The summed E-state index contributed by atoms with van der Waals surface area (Å²) in [5.74, 6) is 1.12. The van der Waals surface area contributed by atoms with Crippen LogP contribution >= 0.6 is 11.6 Å². The zero-order chi connectivity index (χ0) is 21.4. The number of carbonyl (C=O) groups excluding carboxylic acids is 1. The molecule has 0 aliphatic rings. The summed E-state index contributed by atoms with van der Waals surface area (Å²) in [6.07, 6.45) is 0. The first-order chi connectivity index (χ1) is 14.4. The molecular formula is C22H19ClN2O5. The van der Waals surface area contributed by atoms with Crippen molar-refractivity contribution in [3.05, 3.63) is 58.3 Å². The Morgan fingerprint density at radius 1 is 1.07 bits per heavy atom. The minimum absolute atomic E-state index is 0.190. The second-order valence-electron chi connectivity index (χ2n) is 6.75. The normalized spacial score (nSPS) is 11.0. The first kappa shape index (κ1) is 19.8. The van der Waals surface area contributed by atoms with E-state index in [0.29, 0.717) is 33.4 Å². The van der Waals surface area contributed by atoms with E-state index in [2.05, 4.69) is 10.5 Å². The van der Waals surface area contributed by atoms with E-state index in [1.165, 1.54) is 0 Å². The largest absolute Gasteiger partial charge is 0.493 e. The Morgan fingerprint density at radius 2 is 1.83 bits per heavy atom. The number of nitrogens with one attached hydrogen (secondary N) is 1. The van der Waals surface area contributed by atoms with E-state index in [-0.39, 0.29) is 11.6 Å². The number of fused-ring (bicyclic) bond motifs is 1. The van der Waals surface area contributed by atoms with Gasteiger partial charge in [0.1, 0.15) is 11.3 Å². The average Bonchev–Trinajstić information content (AvgIpc) is 3.33. The van der Waals surface area contributed by atoms with Gasteiger partial charge in [-0.1, -0.05) is 16.8 Å². The third kappa shape index (κ3) is 3.48. The summed E-state index contributed by atoms with van der Waals surface area (Å²) in [4.78, 5) is 12.7. The molecule has 0 bridgehead atoms. The van der Waals surface area contributed by atoms with E-state index < -0.39 is 5.91 Å². The number of aryl methyl sites for hydroxylation is 2. The van der Waals surface area contributed by atoms with Gasteiger partial charge < -0.3 is 18.4 Å². The number of furan rings is 1. The molecule has 0 fully saturated rings. The SMILES string of the molecule is COc1ccc(-c2cc(NC(=O)c3oc4cc(C)c(Cl)cc4c3C)on2)cc1OC. The molecule has 2 aromatic heterocycles. The molecule has 154 valence electrons. The maximum atomic E-state index is 12.7. The predicted octanol–water partition coefficient (Wildman–Crippen LogP) is 5.63. The number of halogens is 1. The van der Waals surface area contributed by atoms with E-state index in [1.807, 2.05) is 26.0 Å². The van der Waals surface area contributed by atoms with Gasteiger partial charge in [0.15, 0.2) is 17.3 Å². The van der Waals surface area contributed by atoms with Gasteiger partial charge in [0.25, 0.3) is 5.91 Å². The number of anilines is 1. The Bertz CT molecular complexity index is 1260. The van der Waals surface area contributed by atoms with E-state index in [0.717, 1.165) is 16.5 Å². The molecule has 2 aromatic carbocycles. The molecule has 1 N–H and O–H groups in total. The summed E-state index contributed by atoms with van der Waals surface area (Å²) >= 11 is 6.20. The molecule has 2 heterocycles. The quantitative estimate of drug-likeness (QED) is 0.445. The van der Waals surface area contributed by atoms with Crippen LogP contribution in [0.1, 0.15) is 21.7 Å². The maximum Gasteiger partial charge on any atom is 0.294 e. The number of benzene rings is 2. The van der Waals surface area contributed by atoms with Crippen LogP contribution in [0.4, 0.5) is 5.88 Å². The number of ether oxygens (including phenoxy) is 2. The highest BCUT2D eigenvalue weighted by Crippen LogP contribution is 2.33. The lowest BCUT2D eigenvalue weighted by atomic mass is 10.1. The monoisotopic (exact) mass is 426 g/mol. The Labute approximate surface area is 177 Å². The van der Waals surface area contributed by atoms with Crippen LogP contribution in [0.2, 0.25) is 5.02 Å². The Morgan fingerprint density at radius 3 is 2.57 bits per heavy atom. The minimum atomic E-state index is -0.438. The number of carbonyl (C=O) groups is 1. The van der Waals surface area contributed by atoms with Crippen molar-refractivity contribution < 1.29 is 23.2 Å². The Kier molecular flexibility index (Phi) is 5.13. The van der Waals surface area contributed by atoms with Crippen LogP contribution in [0.5, 0.6) is 11.5 Å². The number of nitrogens with zero attached hydrogens (tertiary/aromatic N) is 1. The molecule has 1 amide bonds. The van der Waals surface area contributed by atoms with Crippen LogP contribution in [0, 0.1) is 13.8 Å². The van der Waals surface area contributed by atoms with Crippen LogP contribution in [-0.4, -0.2) is 25.3 Å². The van der Waals surface area contributed by atoms with Crippen molar-refractivity contribution >= 4 is 34.4 Å². The molecule has 0 atom stereocenters. The van der Waals surface area contributed by atoms with Crippen molar-refractivity contribution in [1.82, 2.24) is 5.16 Å². The highest BCUT2D eigenvalue weighted by molar-refractivity contribution is 6.32. The number of aromatic nitrogens is 1. The lowest BCUT2D eigenvalue weighted by Gasteiger charge is -2.07. The molecule has 0 radical (unpaired) electrons. The molecule has 0 saturated carbocycles. The molecule has 8 heteroatoms. The standard InChI is InChI=1S/C22H19ClN2O5/c1-11-7-18-14(9-15(11)23)12(2)21(29-18)22(26)24-20-10-16(25-30-20)13-5-6-17(27-3)19(8-13)28-4/h5-10H,1-4H3,(H,24,26). The number of amides is 1. The van der Waals surface area contributed by atoms with Crippen LogP contribution in [0.3, 0.4) is 0 Å². The molecule has 4 aromatic rings. The second kappa shape index (κ2) is 7.76. The summed E-state index contributed by atoms with van der Waals surface area (Å²) in [6, 6.07) is 10.6. The fourth-order valence-corrected chi connectivity index (χ4v) is 3.36. The number of methoxy groups -OCH3 is 2. The average molecular weight is 427 g/mol. The van der Waals surface area contributed by atoms with Crippen LogP contribution < -0.4 is 14.8 Å². The molecule has 0 saturated heterocycles. The van der Waals surface area contributed by atoms with E-state index >= 15 is 0 Å². The van der Waals surface area contributed by atoms with Crippen LogP contribution in [0.25, 0.3) is 22.2 Å². The van der Waals surface area contributed by atoms with Crippen molar-refractivity contribution in [2.75, 3.05) is 19.5 Å². The summed E-state index contributed by atoms with van der Waals surface area (Å²) in [5, 5.41) is 8.11. The lowest BCUT2D eigenvalue weighted by Crippen LogP contribution is -2.11. The highest BCUT2D eigenvalue weighted by atomic mass is 35.5. The molecule has 4 rings (SSSR count). The molecule has 0 aliphatic heterocycles. The van der Waals surface area contributed by atoms with Gasteiger partial charge >= 0.3 is 0 Å². The Hall–Kier alpha value is -3.45. The van der Waals surface area contributed by atoms with E-state index in [1.54, 1.807) is 38.5 Å². The van der Waals surface area contributed by atoms with Crippen molar-refractivity contribution in [1.29, 1.82) is 0 Å². The van der Waals surface area contributed by atoms with Gasteiger partial charge in [0.2, 0.25) is 5.88 Å². The third-order valence-corrected chi connectivity index (χ3v) is 5.26. The van der Waals surface area contributed by atoms with Crippen molar-refractivity contribution in [3.8, 4) is 22.8 Å². The molecule has 7 nitrogen and oxygen atoms in total. The summed E-state index contributed by atoms with van der Waals surface area (Å²) in [6.45, 7) is 3.69. The minimum Gasteiger partial charge on any atom is -0.493 e. The number of hydrogen-bond donors (Lipinski definition) is 1. The molecule has 30 heavy (non-hydrogen) atoms. The van der Waals surface area contributed by atoms with Gasteiger partial charge in [0.05, 0.1) is 14.2 Å². The molecule has 0 spiro atoms. The number of rotatable bonds is 5. The summed E-state index contributed by atoms with van der Waals surface area (Å²) < 4.78 is 21.6. The third-order valence-electron chi connectivity index (χ3n) is 4.85. The van der Waals surface area contributed by atoms with Gasteiger partial charge in [-0.25, -0.2) is 0 Å². The maximum absolute atomic E-state index is 12.7. The second-order valence-corrected chi connectivity index (χ2v) is 7.16. The Balaban J connectivity index is 1.59. The van der Waals surface area contributed by atoms with Gasteiger partial charge in [0, 0.05) is 27.6 Å². The first-order valence-electron chi connectivity index (χ1n) is 9.11. The molecule has 0 unspecified atom stereocenters. The molecular weight excluding hydrogens is 408 g/mol. The number of hydrogen-bond acceptors (Lipinski definition) is 6. The van der Waals surface area contributed by atoms with E-state index in [9.17, 15) is 4.79 Å². The van der Waals surface area contributed by atoms with Crippen molar-refractivity contribution in [2.45, 2.75) is 13.8 Å². The fourth-order valence-electron chi connectivity index (χ4n) is 3.19. The van der Waals surface area contributed by atoms with Crippen molar-refractivity contribution in [3.63, 3.8) is 0 Å². The van der Waals surface area contributed by atoms with Gasteiger partial charge in [-0.05, 0) is 49.7 Å². The topological polar surface area (TPSA) is 86.7 Å². The zero-order valence-corrected chi connectivity index (χ0v) is 17.6. The van der Waals surface area contributed by atoms with Gasteiger partial charge in [-0.15, -0.1) is 0 Å². The fraction of sp³-hybridized carbons (Fsp3) is 0.182.